The van der Waals surface area contributed by atoms with Crippen molar-refractivity contribution in [1.29, 1.82) is 0 Å². The topological polar surface area (TPSA) is 55.4 Å². The second-order valence-electron chi connectivity index (χ2n) is 6.17. The molecule has 0 saturated carbocycles. The van der Waals surface area contributed by atoms with Crippen molar-refractivity contribution in [2.75, 3.05) is 0 Å². The summed E-state index contributed by atoms with van der Waals surface area (Å²) < 4.78 is 5.30. The van der Waals surface area contributed by atoms with E-state index in [-0.39, 0.29) is 11.9 Å². The van der Waals surface area contributed by atoms with E-state index in [1.165, 1.54) is 0 Å². The Bertz CT molecular complexity index is 695. The van der Waals surface area contributed by atoms with E-state index >= 15 is 0 Å². The lowest BCUT2D eigenvalue weighted by molar-refractivity contribution is -0.129. The number of amides is 1. The molecule has 4 heteroatoms. The molecule has 4 nitrogen and oxygen atoms in total. The first-order valence-electron chi connectivity index (χ1n) is 8.64. The van der Waals surface area contributed by atoms with Gasteiger partial charge in [-0.25, -0.2) is 4.79 Å². The molecular weight excluding hydrogens is 314 g/mol. The molecule has 2 unspecified atom stereocenters. The summed E-state index contributed by atoms with van der Waals surface area (Å²) in [4.78, 5) is 24.6. The fourth-order valence-corrected chi connectivity index (χ4v) is 2.56. The Morgan fingerprint density at radius 2 is 1.68 bits per heavy atom. The van der Waals surface area contributed by atoms with Crippen LogP contribution in [0.3, 0.4) is 0 Å². The van der Waals surface area contributed by atoms with Gasteiger partial charge in [0.15, 0.2) is 6.10 Å². The first-order valence-corrected chi connectivity index (χ1v) is 8.64. The summed E-state index contributed by atoms with van der Waals surface area (Å²) in [6.45, 7) is 5.61. The molecule has 0 spiro atoms. The van der Waals surface area contributed by atoms with Crippen LogP contribution in [0.25, 0.3) is 0 Å². The van der Waals surface area contributed by atoms with Crippen LogP contribution in [0.4, 0.5) is 0 Å². The van der Waals surface area contributed by atoms with Crippen LogP contribution < -0.4 is 5.32 Å². The highest BCUT2D eigenvalue weighted by Gasteiger charge is 2.22. The van der Waals surface area contributed by atoms with E-state index in [1.54, 1.807) is 19.1 Å². The quantitative estimate of drug-likeness (QED) is 0.769. The Labute approximate surface area is 149 Å². The van der Waals surface area contributed by atoms with Crippen molar-refractivity contribution in [3.8, 4) is 0 Å². The van der Waals surface area contributed by atoms with Crippen molar-refractivity contribution < 1.29 is 14.3 Å². The smallest absolute Gasteiger partial charge is 0.338 e. The predicted octanol–water partition coefficient (Wildman–Crippen LogP) is 4.20. The van der Waals surface area contributed by atoms with Crippen molar-refractivity contribution in [2.24, 2.45) is 0 Å². The number of esters is 1. The minimum Gasteiger partial charge on any atom is -0.449 e. The molecule has 1 N–H and O–H groups in total. The van der Waals surface area contributed by atoms with Gasteiger partial charge in [0.1, 0.15) is 0 Å². The van der Waals surface area contributed by atoms with Crippen LogP contribution in [0.15, 0.2) is 54.6 Å². The molecule has 2 atom stereocenters. The molecule has 0 aliphatic heterocycles. The van der Waals surface area contributed by atoms with Gasteiger partial charge in [0.2, 0.25) is 0 Å². The van der Waals surface area contributed by atoms with Crippen LogP contribution in [0.1, 0.15) is 54.2 Å². The maximum Gasteiger partial charge on any atom is 0.338 e. The summed E-state index contributed by atoms with van der Waals surface area (Å²) in [6, 6.07) is 16.8. The zero-order valence-corrected chi connectivity index (χ0v) is 15.0. The Kier molecular flexibility index (Phi) is 6.75. The zero-order valence-electron chi connectivity index (χ0n) is 15.0. The molecule has 0 aliphatic carbocycles. The van der Waals surface area contributed by atoms with E-state index in [0.717, 1.165) is 24.0 Å². The van der Waals surface area contributed by atoms with Gasteiger partial charge in [-0.2, -0.15) is 0 Å². The Balaban J connectivity index is 1.98. The third-order valence-electron chi connectivity index (χ3n) is 4.04. The van der Waals surface area contributed by atoms with E-state index in [2.05, 4.69) is 12.2 Å². The fraction of sp³-hybridized carbons (Fsp3) is 0.333. The summed E-state index contributed by atoms with van der Waals surface area (Å²) >= 11 is 0. The van der Waals surface area contributed by atoms with Crippen molar-refractivity contribution in [3.05, 3.63) is 71.3 Å². The van der Waals surface area contributed by atoms with Crippen molar-refractivity contribution in [3.63, 3.8) is 0 Å². The molecule has 0 bridgehead atoms. The second-order valence-corrected chi connectivity index (χ2v) is 6.17. The summed E-state index contributed by atoms with van der Waals surface area (Å²) in [5.74, 6) is -0.780. The lowest BCUT2D eigenvalue weighted by Gasteiger charge is -2.21. The van der Waals surface area contributed by atoms with Crippen LogP contribution in [0.2, 0.25) is 0 Å². The predicted molar refractivity (Wildman–Crippen MR) is 98.3 cm³/mol. The van der Waals surface area contributed by atoms with E-state index in [9.17, 15) is 9.59 Å². The van der Waals surface area contributed by atoms with Crippen molar-refractivity contribution in [1.82, 2.24) is 5.32 Å². The van der Waals surface area contributed by atoms with Gasteiger partial charge >= 0.3 is 5.97 Å². The first-order chi connectivity index (χ1) is 12.0. The van der Waals surface area contributed by atoms with Crippen LogP contribution in [-0.4, -0.2) is 18.0 Å². The number of carbonyl (C=O) groups excluding carboxylic acids is 2. The van der Waals surface area contributed by atoms with Gasteiger partial charge in [0, 0.05) is 0 Å². The highest BCUT2D eigenvalue weighted by Crippen LogP contribution is 2.18. The SMILES string of the molecule is CCCC(NC(=O)C(C)OC(=O)c1ccc(C)cc1)c1ccccc1. The van der Waals surface area contributed by atoms with Crippen LogP contribution in [-0.2, 0) is 9.53 Å². The molecular formula is C21H25NO3. The first kappa shape index (κ1) is 18.7. The third kappa shape index (κ3) is 5.45. The molecule has 0 aromatic heterocycles. The number of rotatable bonds is 7. The number of aryl methyl sites for hydroxylation is 1. The molecule has 2 aromatic rings. The minimum atomic E-state index is -0.850. The van der Waals surface area contributed by atoms with E-state index in [4.69, 9.17) is 4.74 Å². The summed E-state index contributed by atoms with van der Waals surface area (Å²) in [5, 5.41) is 2.98. The van der Waals surface area contributed by atoms with E-state index < -0.39 is 12.1 Å². The van der Waals surface area contributed by atoms with E-state index in [0.29, 0.717) is 5.56 Å². The number of nitrogens with one attached hydrogen (secondary N) is 1. The lowest BCUT2D eigenvalue weighted by atomic mass is 10.0. The molecule has 0 heterocycles. The highest BCUT2D eigenvalue weighted by molar-refractivity contribution is 5.92. The van der Waals surface area contributed by atoms with Gasteiger partial charge in [-0.05, 0) is 38.0 Å². The van der Waals surface area contributed by atoms with Crippen molar-refractivity contribution in [2.45, 2.75) is 45.8 Å². The normalized spacial score (nSPS) is 12.9. The molecule has 0 radical (unpaired) electrons. The van der Waals surface area contributed by atoms with Crippen LogP contribution >= 0.6 is 0 Å². The average Bonchev–Trinajstić information content (AvgIpc) is 2.62. The maximum absolute atomic E-state index is 12.4. The lowest BCUT2D eigenvalue weighted by Crippen LogP contribution is -2.38. The standard InChI is InChI=1S/C21H25NO3/c1-4-8-19(17-9-6-5-7-10-17)22-20(23)16(3)25-21(24)18-13-11-15(2)12-14-18/h5-7,9-14,16,19H,4,8H2,1-3H3,(H,22,23). The summed E-state index contributed by atoms with van der Waals surface area (Å²) in [5.41, 5.74) is 2.56. The molecule has 0 fully saturated rings. The molecule has 2 rings (SSSR count). The fourth-order valence-electron chi connectivity index (χ4n) is 2.56. The van der Waals surface area contributed by atoms with Gasteiger partial charge in [-0.3, -0.25) is 4.79 Å². The van der Waals surface area contributed by atoms with Gasteiger partial charge < -0.3 is 10.1 Å². The summed E-state index contributed by atoms with van der Waals surface area (Å²) in [6.07, 6.45) is 0.919. The Morgan fingerprint density at radius 1 is 1.04 bits per heavy atom. The van der Waals surface area contributed by atoms with Crippen molar-refractivity contribution >= 4 is 11.9 Å². The van der Waals surface area contributed by atoms with Gasteiger partial charge in [-0.15, -0.1) is 0 Å². The van der Waals surface area contributed by atoms with E-state index in [1.807, 2.05) is 49.4 Å². The number of ether oxygens (including phenoxy) is 1. The van der Waals surface area contributed by atoms with Crippen LogP contribution in [0.5, 0.6) is 0 Å². The molecule has 0 saturated heterocycles. The number of benzene rings is 2. The second kappa shape index (κ2) is 9.02. The number of carbonyl (C=O) groups is 2. The number of hydrogen-bond acceptors (Lipinski definition) is 3. The molecule has 1 amide bonds. The molecule has 132 valence electrons. The van der Waals surface area contributed by atoms with Gasteiger partial charge in [0.05, 0.1) is 11.6 Å². The average molecular weight is 339 g/mol. The van der Waals surface area contributed by atoms with Gasteiger partial charge in [-0.1, -0.05) is 61.4 Å². The highest BCUT2D eigenvalue weighted by atomic mass is 16.5. The monoisotopic (exact) mass is 339 g/mol. The van der Waals surface area contributed by atoms with Gasteiger partial charge in [0.25, 0.3) is 5.91 Å². The molecule has 25 heavy (non-hydrogen) atoms. The van der Waals surface area contributed by atoms with Crippen LogP contribution in [0, 0.1) is 6.92 Å². The maximum atomic E-state index is 12.4. The summed E-state index contributed by atoms with van der Waals surface area (Å²) in [7, 11) is 0. The molecule has 0 aliphatic rings. The number of hydrogen-bond donors (Lipinski definition) is 1. The third-order valence-corrected chi connectivity index (χ3v) is 4.04. The Morgan fingerprint density at radius 3 is 2.28 bits per heavy atom. The zero-order chi connectivity index (χ0) is 18.2. The molecule has 2 aromatic carbocycles. The minimum absolute atomic E-state index is 0.0840. The largest absolute Gasteiger partial charge is 0.449 e. The Hall–Kier alpha value is -2.62.